The first-order chi connectivity index (χ1) is 14.0. The molecule has 1 saturated heterocycles. The maximum Gasteiger partial charge on any atom is 0.355 e. The fraction of sp³-hybridized carbons (Fsp3) is 0.182. The van der Waals surface area contributed by atoms with Crippen molar-refractivity contribution in [3.05, 3.63) is 69.3 Å². The summed E-state index contributed by atoms with van der Waals surface area (Å²) in [5.41, 5.74) is 2.84. The SMILES string of the molecule is COC(=O)c1[nH]c2cc(Cl)cc(Cl)c2c1C=C1CCCN(c2ccccc2)C1=O. The number of rotatable bonds is 3. The monoisotopic (exact) mass is 428 g/mol. The van der Waals surface area contributed by atoms with Crippen LogP contribution >= 0.6 is 23.2 Å². The van der Waals surface area contributed by atoms with Crippen LogP contribution in [0.2, 0.25) is 10.0 Å². The van der Waals surface area contributed by atoms with E-state index in [1.54, 1.807) is 23.1 Å². The molecule has 1 aliphatic heterocycles. The molecule has 1 N–H and O–H groups in total. The second-order valence-corrected chi connectivity index (χ2v) is 7.62. The molecule has 3 aromatic rings. The van der Waals surface area contributed by atoms with Crippen molar-refractivity contribution in [1.82, 2.24) is 4.98 Å². The number of methoxy groups -OCH3 is 1. The van der Waals surface area contributed by atoms with E-state index >= 15 is 0 Å². The van der Waals surface area contributed by atoms with E-state index in [-0.39, 0.29) is 11.6 Å². The van der Waals surface area contributed by atoms with Crippen molar-refractivity contribution in [3.63, 3.8) is 0 Å². The van der Waals surface area contributed by atoms with Crippen molar-refractivity contribution in [2.75, 3.05) is 18.6 Å². The number of carbonyl (C=O) groups is 2. The summed E-state index contributed by atoms with van der Waals surface area (Å²) in [5.74, 6) is -0.624. The number of para-hydroxylation sites is 1. The minimum atomic E-state index is -0.539. The zero-order chi connectivity index (χ0) is 20.5. The molecule has 148 valence electrons. The van der Waals surface area contributed by atoms with Gasteiger partial charge in [-0.1, -0.05) is 41.4 Å². The predicted molar refractivity (Wildman–Crippen MR) is 116 cm³/mol. The van der Waals surface area contributed by atoms with E-state index in [0.29, 0.717) is 45.1 Å². The molecule has 1 aromatic heterocycles. The maximum absolute atomic E-state index is 13.2. The first kappa shape index (κ1) is 19.6. The lowest BCUT2D eigenvalue weighted by molar-refractivity contribution is -0.115. The van der Waals surface area contributed by atoms with Crippen LogP contribution < -0.4 is 4.90 Å². The molecule has 0 saturated carbocycles. The number of hydrogen-bond acceptors (Lipinski definition) is 3. The molecule has 0 aliphatic carbocycles. The number of carbonyl (C=O) groups excluding carboxylic acids is 2. The average molecular weight is 429 g/mol. The van der Waals surface area contributed by atoms with Gasteiger partial charge < -0.3 is 14.6 Å². The van der Waals surface area contributed by atoms with Gasteiger partial charge in [-0.2, -0.15) is 0 Å². The van der Waals surface area contributed by atoms with Gasteiger partial charge in [-0.3, -0.25) is 4.79 Å². The van der Waals surface area contributed by atoms with Crippen LogP contribution in [0.1, 0.15) is 28.9 Å². The third-order valence-electron chi connectivity index (χ3n) is 4.98. The van der Waals surface area contributed by atoms with Crippen molar-refractivity contribution in [1.29, 1.82) is 0 Å². The summed E-state index contributed by atoms with van der Waals surface area (Å²) in [4.78, 5) is 30.3. The number of amides is 1. The molecule has 0 bridgehead atoms. The van der Waals surface area contributed by atoms with Crippen LogP contribution in [0.25, 0.3) is 17.0 Å². The van der Waals surface area contributed by atoms with Gasteiger partial charge in [0.1, 0.15) is 5.69 Å². The third-order valence-corrected chi connectivity index (χ3v) is 5.49. The van der Waals surface area contributed by atoms with Crippen molar-refractivity contribution >= 4 is 57.7 Å². The summed E-state index contributed by atoms with van der Waals surface area (Å²) in [7, 11) is 1.31. The normalized spacial score (nSPS) is 15.9. The fourth-order valence-corrected chi connectivity index (χ4v) is 4.25. The number of ether oxygens (including phenoxy) is 1. The van der Waals surface area contributed by atoms with Gasteiger partial charge in [-0.25, -0.2) is 4.79 Å². The van der Waals surface area contributed by atoms with Crippen molar-refractivity contribution in [2.45, 2.75) is 12.8 Å². The number of aromatic amines is 1. The topological polar surface area (TPSA) is 62.4 Å². The molecule has 29 heavy (non-hydrogen) atoms. The lowest BCUT2D eigenvalue weighted by Crippen LogP contribution is -2.36. The number of esters is 1. The Bertz CT molecular complexity index is 1140. The zero-order valence-corrected chi connectivity index (χ0v) is 17.2. The number of fused-ring (bicyclic) bond motifs is 1. The summed E-state index contributed by atoms with van der Waals surface area (Å²) >= 11 is 12.5. The Morgan fingerprint density at radius 2 is 1.97 bits per heavy atom. The second kappa shape index (κ2) is 7.93. The molecule has 5 nitrogen and oxygen atoms in total. The number of H-pyrrole nitrogens is 1. The molecule has 1 fully saturated rings. The van der Waals surface area contributed by atoms with Crippen LogP contribution in [0.4, 0.5) is 5.69 Å². The zero-order valence-electron chi connectivity index (χ0n) is 15.7. The van der Waals surface area contributed by atoms with Gasteiger partial charge in [0.05, 0.1) is 12.1 Å². The highest BCUT2D eigenvalue weighted by Crippen LogP contribution is 2.35. The van der Waals surface area contributed by atoms with E-state index in [2.05, 4.69) is 4.98 Å². The number of benzene rings is 2. The predicted octanol–water partition coefficient (Wildman–Crippen LogP) is 5.47. The van der Waals surface area contributed by atoms with E-state index in [4.69, 9.17) is 27.9 Å². The molecule has 0 radical (unpaired) electrons. The minimum absolute atomic E-state index is 0.0855. The quantitative estimate of drug-likeness (QED) is 0.444. The van der Waals surface area contributed by atoms with Gasteiger partial charge in [-0.05, 0) is 43.2 Å². The summed E-state index contributed by atoms with van der Waals surface area (Å²) in [6.07, 6.45) is 3.17. The van der Waals surface area contributed by atoms with Crippen LogP contribution in [0.3, 0.4) is 0 Å². The van der Waals surface area contributed by atoms with E-state index in [9.17, 15) is 9.59 Å². The second-order valence-electron chi connectivity index (χ2n) is 6.78. The number of hydrogen-bond donors (Lipinski definition) is 1. The number of nitrogens with zero attached hydrogens (tertiary/aromatic N) is 1. The van der Waals surface area contributed by atoms with Gasteiger partial charge >= 0.3 is 5.97 Å². The van der Waals surface area contributed by atoms with E-state index in [1.165, 1.54) is 7.11 Å². The highest BCUT2D eigenvalue weighted by molar-refractivity contribution is 6.39. The van der Waals surface area contributed by atoms with E-state index in [0.717, 1.165) is 12.1 Å². The molecule has 1 amide bonds. The standard InChI is InChI=1S/C22H18Cl2N2O3/c1-29-22(28)20-16(19-17(24)11-14(23)12-18(19)25-20)10-13-6-5-9-26(21(13)27)15-7-3-2-4-8-15/h2-4,7-8,10-12,25H,5-6,9H2,1H3. The lowest BCUT2D eigenvalue weighted by atomic mass is 9.98. The minimum Gasteiger partial charge on any atom is -0.464 e. The van der Waals surface area contributed by atoms with Crippen LogP contribution in [0, 0.1) is 0 Å². The van der Waals surface area contributed by atoms with Gasteiger partial charge in [-0.15, -0.1) is 0 Å². The van der Waals surface area contributed by atoms with Crippen molar-refractivity contribution in [2.24, 2.45) is 0 Å². The Morgan fingerprint density at radius 1 is 1.21 bits per heavy atom. The van der Waals surface area contributed by atoms with Crippen LogP contribution in [0.5, 0.6) is 0 Å². The first-order valence-corrected chi connectivity index (χ1v) is 9.91. The van der Waals surface area contributed by atoms with Crippen LogP contribution in [-0.4, -0.2) is 30.5 Å². The molecular formula is C22H18Cl2N2O3. The molecule has 0 unspecified atom stereocenters. The van der Waals surface area contributed by atoms with Crippen LogP contribution in [-0.2, 0) is 9.53 Å². The number of piperidine rings is 1. The van der Waals surface area contributed by atoms with E-state index in [1.807, 2.05) is 30.3 Å². The number of aromatic nitrogens is 1. The molecule has 4 rings (SSSR count). The Labute approximate surface area is 177 Å². The van der Waals surface area contributed by atoms with Gasteiger partial charge in [0, 0.05) is 39.3 Å². The van der Waals surface area contributed by atoms with E-state index < -0.39 is 5.97 Å². The smallest absolute Gasteiger partial charge is 0.355 e. The molecule has 1 aliphatic rings. The molecule has 7 heteroatoms. The highest BCUT2D eigenvalue weighted by atomic mass is 35.5. The summed E-state index contributed by atoms with van der Waals surface area (Å²) < 4.78 is 4.91. The summed E-state index contributed by atoms with van der Waals surface area (Å²) in [6, 6.07) is 12.8. The van der Waals surface area contributed by atoms with Gasteiger partial charge in [0.2, 0.25) is 0 Å². The Kier molecular flexibility index (Phi) is 5.35. The molecule has 2 heterocycles. The molecular weight excluding hydrogens is 411 g/mol. The lowest BCUT2D eigenvalue weighted by Gasteiger charge is -2.28. The first-order valence-electron chi connectivity index (χ1n) is 9.16. The number of halogens is 2. The number of nitrogens with one attached hydrogen (secondary N) is 1. The highest BCUT2D eigenvalue weighted by Gasteiger charge is 2.26. The Hall–Kier alpha value is -2.76. The maximum atomic E-state index is 13.2. The Morgan fingerprint density at radius 3 is 2.69 bits per heavy atom. The average Bonchev–Trinajstić information content (AvgIpc) is 3.08. The van der Waals surface area contributed by atoms with Gasteiger partial charge in [0.15, 0.2) is 0 Å². The summed E-state index contributed by atoms with van der Waals surface area (Å²) in [6.45, 7) is 0.647. The molecule has 0 spiro atoms. The van der Waals surface area contributed by atoms with Gasteiger partial charge in [0.25, 0.3) is 5.91 Å². The fourth-order valence-electron chi connectivity index (χ4n) is 3.65. The molecule has 0 atom stereocenters. The van der Waals surface area contributed by atoms with Crippen molar-refractivity contribution < 1.29 is 14.3 Å². The van der Waals surface area contributed by atoms with Crippen molar-refractivity contribution in [3.8, 4) is 0 Å². The Balaban J connectivity index is 1.84. The van der Waals surface area contributed by atoms with Crippen LogP contribution in [0.15, 0.2) is 48.0 Å². The molecule has 2 aromatic carbocycles. The number of anilines is 1. The third kappa shape index (κ3) is 3.63. The summed E-state index contributed by atoms with van der Waals surface area (Å²) in [5, 5.41) is 1.48. The largest absolute Gasteiger partial charge is 0.464 e.